The van der Waals surface area contributed by atoms with Gasteiger partial charge in [0.15, 0.2) is 11.3 Å². The zero-order valence-electron chi connectivity index (χ0n) is 23.4. The number of urea groups is 1. The Balaban J connectivity index is 0.000000312. The van der Waals surface area contributed by atoms with Crippen molar-refractivity contribution in [2.45, 2.75) is 75.8 Å². The molecule has 0 spiro atoms. The van der Waals surface area contributed by atoms with Gasteiger partial charge in [-0.2, -0.15) is 5.10 Å². The Labute approximate surface area is 239 Å². The SMILES string of the molecule is COC.FC1(F)CCCCC1.O=C(NCc1cn2ncc(CN3CC(F)(F)CNC3=O)cc2n1)c1nonc1C1CC1. The number of nitrogens with zero attached hydrogens (tertiary/aromatic N) is 6. The molecule has 6 rings (SSSR count). The van der Waals surface area contributed by atoms with Gasteiger partial charge in [0.2, 0.25) is 5.92 Å². The average molecular weight is 599 g/mol. The first-order valence-corrected chi connectivity index (χ1v) is 13.6. The van der Waals surface area contributed by atoms with E-state index in [1.165, 1.54) is 10.7 Å². The number of alkyl halides is 4. The van der Waals surface area contributed by atoms with E-state index >= 15 is 0 Å². The minimum atomic E-state index is -2.98. The van der Waals surface area contributed by atoms with Gasteiger partial charge in [0.1, 0.15) is 5.69 Å². The van der Waals surface area contributed by atoms with Crippen LogP contribution in [0.25, 0.3) is 5.65 Å². The van der Waals surface area contributed by atoms with Crippen molar-refractivity contribution in [3.05, 3.63) is 41.1 Å². The minimum absolute atomic E-state index is 0.0209. The lowest BCUT2D eigenvalue weighted by Crippen LogP contribution is -2.56. The Morgan fingerprint density at radius 3 is 2.50 bits per heavy atom. The molecular weight excluding hydrogens is 564 g/mol. The number of carbonyl (C=O) groups excluding carboxylic acids is 2. The van der Waals surface area contributed by atoms with Crippen LogP contribution in [-0.2, 0) is 17.8 Å². The van der Waals surface area contributed by atoms with E-state index in [1.54, 1.807) is 26.5 Å². The number of carbonyl (C=O) groups is 2. The average Bonchev–Trinajstić information content (AvgIpc) is 3.51. The van der Waals surface area contributed by atoms with Crippen LogP contribution in [0.4, 0.5) is 22.4 Å². The Morgan fingerprint density at radius 1 is 1.14 bits per heavy atom. The van der Waals surface area contributed by atoms with Gasteiger partial charge in [-0.25, -0.2) is 36.5 Å². The van der Waals surface area contributed by atoms with E-state index in [2.05, 4.69) is 35.8 Å². The van der Waals surface area contributed by atoms with Gasteiger partial charge in [-0.3, -0.25) is 4.79 Å². The predicted molar refractivity (Wildman–Crippen MR) is 140 cm³/mol. The van der Waals surface area contributed by atoms with Gasteiger partial charge in [0.05, 0.1) is 37.7 Å². The van der Waals surface area contributed by atoms with Crippen LogP contribution in [-0.4, -0.2) is 80.9 Å². The normalized spacial score (nSPS) is 19.2. The largest absolute Gasteiger partial charge is 0.388 e. The third-order valence-corrected chi connectivity index (χ3v) is 6.72. The molecule has 2 N–H and O–H groups in total. The van der Waals surface area contributed by atoms with Crippen LogP contribution < -0.4 is 10.6 Å². The van der Waals surface area contributed by atoms with Crippen molar-refractivity contribution < 1.29 is 36.5 Å². The summed E-state index contributed by atoms with van der Waals surface area (Å²) in [5.74, 6) is -5.47. The molecule has 16 heteroatoms. The number of ether oxygens (including phenoxy) is 1. The van der Waals surface area contributed by atoms with Gasteiger partial charge in [-0.05, 0) is 42.5 Å². The lowest BCUT2D eigenvalue weighted by molar-refractivity contribution is -0.0368. The molecule has 0 atom stereocenters. The molecule has 3 aromatic heterocycles. The van der Waals surface area contributed by atoms with Crippen molar-refractivity contribution in [1.82, 2.24) is 40.4 Å². The van der Waals surface area contributed by atoms with Crippen molar-refractivity contribution in [1.29, 1.82) is 0 Å². The third-order valence-electron chi connectivity index (χ3n) is 6.72. The molecule has 0 aromatic carbocycles. The fraction of sp³-hybridized carbons (Fsp3) is 0.615. The topological polar surface area (TPSA) is 140 Å². The second-order valence-electron chi connectivity index (χ2n) is 10.5. The second kappa shape index (κ2) is 13.4. The van der Waals surface area contributed by atoms with Crippen molar-refractivity contribution in [3.63, 3.8) is 0 Å². The van der Waals surface area contributed by atoms with Crippen LogP contribution in [0.2, 0.25) is 0 Å². The molecule has 4 heterocycles. The molecule has 1 saturated heterocycles. The summed E-state index contributed by atoms with van der Waals surface area (Å²) in [6, 6.07) is 1.11. The summed E-state index contributed by atoms with van der Waals surface area (Å²) in [5.41, 5.74) is 2.33. The molecule has 3 aromatic rings. The number of amides is 3. The first kappa shape index (κ1) is 31.1. The molecule has 1 aliphatic heterocycles. The zero-order chi connectivity index (χ0) is 30.3. The van der Waals surface area contributed by atoms with Gasteiger partial charge in [0, 0.05) is 39.5 Å². The number of methoxy groups -OCH3 is 1. The highest BCUT2D eigenvalue weighted by molar-refractivity contribution is 5.93. The third kappa shape index (κ3) is 8.59. The van der Waals surface area contributed by atoms with Gasteiger partial charge >= 0.3 is 6.03 Å². The van der Waals surface area contributed by atoms with Crippen molar-refractivity contribution in [3.8, 4) is 0 Å². The van der Waals surface area contributed by atoms with Crippen LogP contribution in [0.1, 0.15) is 78.3 Å². The van der Waals surface area contributed by atoms with E-state index in [0.717, 1.165) is 24.2 Å². The number of aromatic nitrogens is 5. The number of imidazole rings is 1. The summed E-state index contributed by atoms with van der Waals surface area (Å²) in [6.07, 6.45) is 7.72. The number of rotatable bonds is 6. The second-order valence-corrected chi connectivity index (χ2v) is 10.5. The van der Waals surface area contributed by atoms with Crippen molar-refractivity contribution in [2.24, 2.45) is 0 Å². The molecule has 0 radical (unpaired) electrons. The van der Waals surface area contributed by atoms with E-state index in [1.807, 2.05) is 0 Å². The van der Waals surface area contributed by atoms with Gasteiger partial charge < -0.3 is 20.3 Å². The monoisotopic (exact) mass is 598 g/mol. The molecule has 3 amide bonds. The fourth-order valence-electron chi connectivity index (χ4n) is 4.51. The first-order chi connectivity index (χ1) is 20.0. The Bertz CT molecular complexity index is 1350. The maximum atomic E-state index is 13.6. The van der Waals surface area contributed by atoms with Crippen LogP contribution in [0.5, 0.6) is 0 Å². The highest BCUT2D eigenvalue weighted by Crippen LogP contribution is 2.40. The predicted octanol–water partition coefficient (Wildman–Crippen LogP) is 3.93. The van der Waals surface area contributed by atoms with E-state index in [-0.39, 0.29) is 37.5 Å². The van der Waals surface area contributed by atoms with Gasteiger partial charge in [-0.1, -0.05) is 11.6 Å². The minimum Gasteiger partial charge on any atom is -0.388 e. The summed E-state index contributed by atoms with van der Waals surface area (Å²) in [6.45, 7) is -1.21. The highest BCUT2D eigenvalue weighted by atomic mass is 19.3. The van der Waals surface area contributed by atoms with Crippen LogP contribution >= 0.6 is 0 Å². The summed E-state index contributed by atoms with van der Waals surface area (Å²) in [4.78, 5) is 29.7. The standard InChI is InChI=1S/C18H18F2N8O3.C6H10F2.C2H6O/c19-18(20)8-22-17(30)27(9-18)6-10-3-13-24-12(7-28(13)23-4-10)5-21-16(29)15-14(11-1-2-11)25-31-26-15;7-6(8)4-2-1-3-5-6;1-3-2/h3-4,7,11H,1-2,5-6,8-9H2,(H,21,29)(H,22,30);1-5H2;1-2H3. The quantitative estimate of drug-likeness (QED) is 0.407. The summed E-state index contributed by atoms with van der Waals surface area (Å²) in [7, 11) is 3.25. The smallest absolute Gasteiger partial charge is 0.318 e. The first-order valence-electron chi connectivity index (χ1n) is 13.6. The number of nitrogens with one attached hydrogen (secondary N) is 2. The summed E-state index contributed by atoms with van der Waals surface area (Å²) >= 11 is 0. The Hall–Kier alpha value is -3.82. The number of fused-ring (bicyclic) bond motifs is 1. The molecule has 2 aliphatic carbocycles. The van der Waals surface area contributed by atoms with Crippen molar-refractivity contribution >= 4 is 17.6 Å². The lowest BCUT2D eigenvalue weighted by atomic mass is 9.97. The molecule has 3 aliphatic rings. The fourth-order valence-corrected chi connectivity index (χ4v) is 4.51. The van der Waals surface area contributed by atoms with E-state index in [4.69, 9.17) is 4.63 Å². The van der Waals surface area contributed by atoms with Crippen LogP contribution in [0, 0.1) is 0 Å². The molecule has 42 heavy (non-hydrogen) atoms. The number of hydrogen-bond donors (Lipinski definition) is 2. The van der Waals surface area contributed by atoms with E-state index < -0.39 is 36.9 Å². The highest BCUT2D eigenvalue weighted by Gasteiger charge is 2.39. The Kier molecular flexibility index (Phi) is 9.96. The molecule has 230 valence electrons. The molecule has 2 saturated carbocycles. The molecular formula is C26H34F4N8O4. The van der Waals surface area contributed by atoms with Gasteiger partial charge in [-0.15, -0.1) is 0 Å². The maximum absolute atomic E-state index is 13.6. The molecule has 3 fully saturated rings. The molecule has 0 unspecified atom stereocenters. The summed E-state index contributed by atoms with van der Waals surface area (Å²) < 4.78 is 62.0. The number of halogens is 4. The number of hydrogen-bond acceptors (Lipinski definition) is 8. The molecule has 0 bridgehead atoms. The lowest BCUT2D eigenvalue weighted by Gasteiger charge is -2.32. The Morgan fingerprint density at radius 2 is 1.86 bits per heavy atom. The summed E-state index contributed by atoms with van der Waals surface area (Å²) in [5, 5.41) is 16.6. The van der Waals surface area contributed by atoms with E-state index in [0.29, 0.717) is 35.4 Å². The molecule has 12 nitrogen and oxygen atoms in total. The maximum Gasteiger partial charge on any atom is 0.318 e. The van der Waals surface area contributed by atoms with Crippen LogP contribution in [0.15, 0.2) is 23.1 Å². The van der Waals surface area contributed by atoms with Crippen LogP contribution in [0.3, 0.4) is 0 Å². The van der Waals surface area contributed by atoms with Crippen molar-refractivity contribution in [2.75, 3.05) is 27.3 Å². The van der Waals surface area contributed by atoms with Gasteiger partial charge in [0.25, 0.3) is 11.8 Å². The zero-order valence-corrected chi connectivity index (χ0v) is 23.4. The van der Waals surface area contributed by atoms with E-state index in [9.17, 15) is 27.2 Å².